The molecule has 0 radical (unpaired) electrons. The van der Waals surface area contributed by atoms with Crippen molar-refractivity contribution in [3.8, 4) is 17.2 Å². The van der Waals surface area contributed by atoms with E-state index >= 15 is 0 Å². The molecule has 47 heavy (non-hydrogen) atoms. The molecule has 0 aromatic heterocycles. The Morgan fingerprint density at radius 3 is 2.02 bits per heavy atom. The van der Waals surface area contributed by atoms with Crippen molar-refractivity contribution in [1.29, 1.82) is 0 Å². The summed E-state index contributed by atoms with van der Waals surface area (Å²) in [6.07, 6.45) is 9.65. The maximum Gasteiger partial charge on any atom is 0.338 e. The SMILES string of the molecule is C=C(C)[C@@H]1CC[C@]2(C(=O)O)CC[C@]3(C)[C@H](CC[C@@H]4[C@@]5(C)CC[C@H](OC(=O)c6cc(OC)c(OC)c(OC)c6)C(C)(C)[C@@H]5CC[C@]43C)[C@@H]12. The van der Waals surface area contributed by atoms with Crippen molar-refractivity contribution in [3.63, 3.8) is 0 Å². The molecule has 0 bridgehead atoms. The predicted molar refractivity (Wildman–Crippen MR) is 182 cm³/mol. The number of carbonyl (C=O) groups is 2. The van der Waals surface area contributed by atoms with Crippen LogP contribution in [0.5, 0.6) is 17.2 Å². The average molecular weight is 651 g/mol. The van der Waals surface area contributed by atoms with Gasteiger partial charge in [0.1, 0.15) is 6.10 Å². The molecular formula is C40H58O7. The molecule has 7 nitrogen and oxygen atoms in total. The van der Waals surface area contributed by atoms with Gasteiger partial charge in [-0.1, -0.05) is 46.8 Å². The summed E-state index contributed by atoms with van der Waals surface area (Å²) in [5, 5.41) is 10.7. The fraction of sp³-hybridized carbons (Fsp3) is 0.750. The number of allylic oxidation sites excluding steroid dienone is 1. The van der Waals surface area contributed by atoms with Gasteiger partial charge in [0.15, 0.2) is 11.5 Å². The maximum absolute atomic E-state index is 13.7. The zero-order valence-electron chi connectivity index (χ0n) is 30.3. The second-order valence-corrected chi connectivity index (χ2v) is 17.3. The minimum absolute atomic E-state index is 0.0888. The largest absolute Gasteiger partial charge is 0.493 e. The van der Waals surface area contributed by atoms with Crippen LogP contribution >= 0.6 is 0 Å². The standard InChI is InChI=1S/C40H58O7/c1-23(2)25-13-18-40(35(42)43)20-19-38(6)26(32(25)40)11-12-30-37(5)16-15-31(36(3,4)29(37)14-17-39(30,38)7)47-34(41)24-21-27(44-8)33(46-10)28(22-24)45-9/h21-22,25-26,29-32H,1,11-20H2,2-10H3,(H,42,43)/t25-,26+,29-,30+,31-,32+,37-,38+,39+,40-/m0/s1. The van der Waals surface area contributed by atoms with Crippen LogP contribution in [0.4, 0.5) is 0 Å². The quantitative estimate of drug-likeness (QED) is 0.233. The number of hydrogen-bond acceptors (Lipinski definition) is 6. The van der Waals surface area contributed by atoms with Crippen LogP contribution in [0.15, 0.2) is 24.3 Å². The van der Waals surface area contributed by atoms with Gasteiger partial charge in [-0.05, 0) is 129 Å². The number of carboxylic acids is 1. The lowest BCUT2D eigenvalue weighted by atomic mass is 9.32. The number of fused-ring (bicyclic) bond motifs is 7. The second kappa shape index (κ2) is 11.4. The molecule has 0 spiro atoms. The zero-order valence-corrected chi connectivity index (χ0v) is 30.3. The number of rotatable bonds is 7. The van der Waals surface area contributed by atoms with Crippen molar-refractivity contribution in [3.05, 3.63) is 29.8 Å². The topological polar surface area (TPSA) is 91.3 Å². The molecule has 0 unspecified atom stereocenters. The molecule has 10 atom stereocenters. The molecule has 7 heteroatoms. The molecule has 0 saturated heterocycles. The van der Waals surface area contributed by atoms with E-state index in [0.717, 1.165) is 64.2 Å². The van der Waals surface area contributed by atoms with Crippen LogP contribution in [0.3, 0.4) is 0 Å². The minimum Gasteiger partial charge on any atom is -0.493 e. The number of esters is 1. The Balaban J connectivity index is 1.27. The third-order valence-electron chi connectivity index (χ3n) is 15.6. The summed E-state index contributed by atoms with van der Waals surface area (Å²) >= 11 is 0. The van der Waals surface area contributed by atoms with E-state index in [-0.39, 0.29) is 39.7 Å². The van der Waals surface area contributed by atoms with Gasteiger partial charge in [0.25, 0.3) is 0 Å². The number of ether oxygens (including phenoxy) is 4. The Hall–Kier alpha value is -2.70. The highest BCUT2D eigenvalue weighted by Gasteiger charge is 2.72. The first-order valence-electron chi connectivity index (χ1n) is 18.0. The maximum atomic E-state index is 13.7. The Bertz CT molecular complexity index is 1420. The molecule has 5 fully saturated rings. The average Bonchev–Trinajstić information content (AvgIpc) is 3.43. The Kier molecular flexibility index (Phi) is 8.32. The van der Waals surface area contributed by atoms with Crippen LogP contribution < -0.4 is 14.2 Å². The van der Waals surface area contributed by atoms with Crippen LogP contribution in [0, 0.1) is 56.7 Å². The van der Waals surface area contributed by atoms with Crippen LogP contribution in [-0.4, -0.2) is 44.5 Å². The molecule has 1 N–H and O–H groups in total. The number of carboxylic acid groups (broad SMARTS) is 1. The monoisotopic (exact) mass is 650 g/mol. The summed E-state index contributed by atoms with van der Waals surface area (Å²) in [6.45, 7) is 18.8. The third-order valence-corrected chi connectivity index (χ3v) is 15.6. The Morgan fingerprint density at radius 1 is 0.787 bits per heavy atom. The molecule has 5 aliphatic rings. The van der Waals surface area contributed by atoms with Gasteiger partial charge in [0.05, 0.1) is 32.3 Å². The molecule has 260 valence electrons. The minimum atomic E-state index is -0.597. The number of benzene rings is 1. The molecule has 0 aliphatic heterocycles. The van der Waals surface area contributed by atoms with E-state index < -0.39 is 11.4 Å². The van der Waals surface area contributed by atoms with Gasteiger partial charge in [-0.15, -0.1) is 0 Å². The normalized spacial score (nSPS) is 41.7. The fourth-order valence-electron chi connectivity index (χ4n) is 13.1. The lowest BCUT2D eigenvalue weighted by molar-refractivity contribution is -0.248. The lowest BCUT2D eigenvalue weighted by Crippen LogP contribution is -2.67. The van der Waals surface area contributed by atoms with E-state index in [1.54, 1.807) is 33.5 Å². The summed E-state index contributed by atoms with van der Waals surface area (Å²) < 4.78 is 22.8. The summed E-state index contributed by atoms with van der Waals surface area (Å²) in [7, 11) is 4.64. The van der Waals surface area contributed by atoms with E-state index in [0.29, 0.717) is 46.5 Å². The highest BCUT2D eigenvalue weighted by Crippen LogP contribution is 2.77. The van der Waals surface area contributed by atoms with Crippen LogP contribution in [0.1, 0.15) is 116 Å². The van der Waals surface area contributed by atoms with Gasteiger partial charge in [0.2, 0.25) is 5.75 Å². The fourth-order valence-corrected chi connectivity index (χ4v) is 13.1. The smallest absolute Gasteiger partial charge is 0.338 e. The first-order valence-corrected chi connectivity index (χ1v) is 18.0. The van der Waals surface area contributed by atoms with Gasteiger partial charge < -0.3 is 24.1 Å². The third kappa shape index (κ3) is 4.63. The molecule has 5 aliphatic carbocycles. The zero-order chi connectivity index (χ0) is 34.3. The van der Waals surface area contributed by atoms with Crippen molar-refractivity contribution in [2.45, 2.75) is 112 Å². The van der Waals surface area contributed by atoms with E-state index in [9.17, 15) is 14.7 Å². The summed E-state index contributed by atoms with van der Waals surface area (Å²) in [4.78, 5) is 26.7. The highest BCUT2D eigenvalue weighted by molar-refractivity contribution is 5.91. The number of aliphatic carboxylic acids is 1. The van der Waals surface area contributed by atoms with Gasteiger partial charge in [-0.2, -0.15) is 0 Å². The predicted octanol–water partition coefficient (Wildman–Crippen LogP) is 8.98. The second-order valence-electron chi connectivity index (χ2n) is 17.3. The van der Waals surface area contributed by atoms with E-state index in [2.05, 4.69) is 48.1 Å². The van der Waals surface area contributed by atoms with Crippen LogP contribution in [-0.2, 0) is 9.53 Å². The van der Waals surface area contributed by atoms with Gasteiger partial charge in [-0.25, -0.2) is 4.79 Å². The Morgan fingerprint density at radius 2 is 1.45 bits per heavy atom. The highest BCUT2D eigenvalue weighted by atomic mass is 16.5. The van der Waals surface area contributed by atoms with E-state index in [1.807, 2.05) is 0 Å². The van der Waals surface area contributed by atoms with Crippen molar-refractivity contribution in [2.24, 2.45) is 56.7 Å². The number of carbonyl (C=O) groups excluding carboxylic acids is 1. The van der Waals surface area contributed by atoms with Crippen LogP contribution in [0.2, 0.25) is 0 Å². The molecule has 1 aromatic rings. The van der Waals surface area contributed by atoms with Crippen molar-refractivity contribution < 1.29 is 33.6 Å². The van der Waals surface area contributed by atoms with E-state index in [4.69, 9.17) is 18.9 Å². The van der Waals surface area contributed by atoms with Crippen molar-refractivity contribution in [2.75, 3.05) is 21.3 Å². The number of methoxy groups -OCH3 is 3. The van der Waals surface area contributed by atoms with Gasteiger partial charge >= 0.3 is 11.9 Å². The Labute approximate surface area is 282 Å². The van der Waals surface area contributed by atoms with Gasteiger partial charge in [-0.3, -0.25) is 4.79 Å². The first kappa shape index (κ1) is 34.2. The molecule has 0 amide bonds. The van der Waals surface area contributed by atoms with Crippen LogP contribution in [0.25, 0.3) is 0 Å². The van der Waals surface area contributed by atoms with E-state index in [1.165, 1.54) is 5.57 Å². The summed E-state index contributed by atoms with van der Waals surface area (Å²) in [6, 6.07) is 3.33. The van der Waals surface area contributed by atoms with Crippen molar-refractivity contribution in [1.82, 2.24) is 0 Å². The molecule has 5 saturated carbocycles. The number of hydrogen-bond donors (Lipinski definition) is 1. The molecule has 6 rings (SSSR count). The lowest BCUT2D eigenvalue weighted by Gasteiger charge is -2.72. The molecule has 1 aromatic carbocycles. The summed E-state index contributed by atoms with van der Waals surface area (Å²) in [5.74, 6) is 2.22. The molecular weight excluding hydrogens is 592 g/mol. The molecule has 0 heterocycles. The van der Waals surface area contributed by atoms with Gasteiger partial charge in [0, 0.05) is 5.41 Å². The first-order chi connectivity index (χ1) is 22.1. The summed E-state index contributed by atoms with van der Waals surface area (Å²) in [5.41, 5.74) is 1.09. The van der Waals surface area contributed by atoms with Crippen molar-refractivity contribution >= 4 is 11.9 Å².